The number of hydrogen-bond donors (Lipinski definition) is 2. The van der Waals surface area contributed by atoms with Crippen molar-refractivity contribution in [2.24, 2.45) is 0 Å². The Bertz CT molecular complexity index is 817. The largest absolute Gasteiger partial charge is 0.504 e. The van der Waals surface area contributed by atoms with Gasteiger partial charge in [0, 0.05) is 10.9 Å². The molecule has 0 spiro atoms. The molecule has 0 atom stereocenters. The number of benzene rings is 2. The fourth-order valence-electron chi connectivity index (χ4n) is 2.04. The molecule has 3 rings (SSSR count). The van der Waals surface area contributed by atoms with Gasteiger partial charge in [0.25, 0.3) is 0 Å². The van der Waals surface area contributed by atoms with Crippen LogP contribution >= 0.6 is 0 Å². The lowest BCUT2D eigenvalue weighted by molar-refractivity contribution is -0.136. The molecule has 124 valence electrons. The van der Waals surface area contributed by atoms with E-state index in [4.69, 9.17) is 19.4 Å². The molecule has 1 heterocycles. The Balaban J connectivity index is 0.000000177. The van der Waals surface area contributed by atoms with Crippen molar-refractivity contribution in [2.75, 3.05) is 7.11 Å². The van der Waals surface area contributed by atoms with Crippen molar-refractivity contribution in [3.8, 4) is 11.5 Å². The van der Waals surface area contributed by atoms with Gasteiger partial charge in [0.2, 0.25) is 0 Å². The third-order valence-corrected chi connectivity index (χ3v) is 3.14. The quantitative estimate of drug-likeness (QED) is 0.713. The van der Waals surface area contributed by atoms with Crippen LogP contribution in [0.3, 0.4) is 0 Å². The average Bonchev–Trinajstić information content (AvgIpc) is 2.97. The summed E-state index contributed by atoms with van der Waals surface area (Å²) in [5, 5.41) is 18.6. The first-order valence-corrected chi connectivity index (χ1v) is 7.05. The molecule has 3 aromatic rings. The predicted octanol–water partition coefficient (Wildman–Crippen LogP) is 3.27. The zero-order chi connectivity index (χ0) is 17.5. The van der Waals surface area contributed by atoms with Gasteiger partial charge in [0.05, 0.1) is 7.11 Å². The van der Waals surface area contributed by atoms with Gasteiger partial charge >= 0.3 is 5.97 Å². The molecule has 6 nitrogen and oxygen atoms in total. The highest BCUT2D eigenvalue weighted by Gasteiger charge is 2.06. The van der Waals surface area contributed by atoms with E-state index in [1.165, 1.54) is 25.3 Å². The van der Waals surface area contributed by atoms with Crippen molar-refractivity contribution in [1.82, 2.24) is 0 Å². The third kappa shape index (κ3) is 4.36. The van der Waals surface area contributed by atoms with E-state index in [9.17, 15) is 9.59 Å². The van der Waals surface area contributed by atoms with Crippen LogP contribution in [0.1, 0.15) is 16.1 Å². The lowest BCUT2D eigenvalue weighted by Crippen LogP contribution is -1.97. The standard InChI is InChI=1S/C10H8O3.C8H8O3/c11-10(12)6-8-5-7-3-1-2-4-9(7)13-8;1-11-8-4-6(5-9)2-3-7(8)10/h1-5H,6H2,(H,11,12);2-5,10H,1H3. The molecule has 0 aliphatic rings. The number of aliphatic carboxylic acids is 1. The summed E-state index contributed by atoms with van der Waals surface area (Å²) in [5.41, 5.74) is 1.22. The van der Waals surface area contributed by atoms with Gasteiger partial charge in [-0.1, -0.05) is 18.2 Å². The van der Waals surface area contributed by atoms with Crippen molar-refractivity contribution in [3.63, 3.8) is 0 Å². The Morgan fingerprint density at radius 1 is 1.21 bits per heavy atom. The van der Waals surface area contributed by atoms with Crippen molar-refractivity contribution in [1.29, 1.82) is 0 Å². The van der Waals surface area contributed by atoms with Gasteiger partial charge in [0.1, 0.15) is 24.1 Å². The van der Waals surface area contributed by atoms with Gasteiger partial charge in [-0.05, 0) is 30.3 Å². The minimum atomic E-state index is -0.876. The molecule has 0 saturated heterocycles. The molecule has 2 aromatic carbocycles. The first-order valence-electron chi connectivity index (χ1n) is 7.05. The summed E-state index contributed by atoms with van der Waals surface area (Å²) in [7, 11) is 1.43. The Labute approximate surface area is 137 Å². The Kier molecular flexibility index (Phi) is 5.57. The number of hydrogen-bond acceptors (Lipinski definition) is 5. The number of carbonyl (C=O) groups excluding carboxylic acids is 1. The summed E-state index contributed by atoms with van der Waals surface area (Å²) in [5.74, 6) is -0.0274. The summed E-state index contributed by atoms with van der Waals surface area (Å²) in [4.78, 5) is 20.6. The van der Waals surface area contributed by atoms with E-state index in [1.807, 2.05) is 24.3 Å². The lowest BCUT2D eigenvalue weighted by atomic mass is 10.2. The Morgan fingerprint density at radius 3 is 2.58 bits per heavy atom. The molecule has 24 heavy (non-hydrogen) atoms. The van der Waals surface area contributed by atoms with Crippen molar-refractivity contribution >= 4 is 23.2 Å². The SMILES string of the molecule is COc1cc(C=O)ccc1O.O=C(O)Cc1cc2ccccc2o1. The highest BCUT2D eigenvalue weighted by Crippen LogP contribution is 2.25. The number of carboxylic acids is 1. The van der Waals surface area contributed by atoms with Gasteiger partial charge in [-0.2, -0.15) is 0 Å². The molecule has 0 radical (unpaired) electrons. The van der Waals surface area contributed by atoms with Gasteiger partial charge in [-0.3, -0.25) is 9.59 Å². The van der Waals surface area contributed by atoms with Crippen LogP contribution in [0.15, 0.2) is 52.9 Å². The van der Waals surface area contributed by atoms with Gasteiger partial charge in [0.15, 0.2) is 11.5 Å². The van der Waals surface area contributed by atoms with Crippen LogP contribution < -0.4 is 4.74 Å². The number of methoxy groups -OCH3 is 1. The second-order valence-corrected chi connectivity index (χ2v) is 4.87. The maximum absolute atomic E-state index is 10.4. The zero-order valence-electron chi connectivity index (χ0n) is 12.9. The summed E-state index contributed by atoms with van der Waals surface area (Å²) >= 11 is 0. The number of rotatable bonds is 4. The number of phenols is 1. The van der Waals surface area contributed by atoms with E-state index in [1.54, 1.807) is 6.07 Å². The first-order chi connectivity index (χ1) is 11.5. The number of para-hydroxylation sites is 1. The lowest BCUT2D eigenvalue weighted by Gasteiger charge is -2.01. The third-order valence-electron chi connectivity index (χ3n) is 3.14. The molecule has 0 amide bonds. The van der Waals surface area contributed by atoms with E-state index < -0.39 is 5.97 Å². The summed E-state index contributed by atoms with van der Waals surface area (Å²) in [6.07, 6.45) is 0.636. The van der Waals surface area contributed by atoms with Crippen LogP contribution in [0.5, 0.6) is 11.5 Å². The molecule has 0 fully saturated rings. The molecule has 6 heteroatoms. The van der Waals surface area contributed by atoms with Crippen molar-refractivity contribution < 1.29 is 29.0 Å². The Morgan fingerprint density at radius 2 is 1.96 bits per heavy atom. The van der Waals surface area contributed by atoms with Crippen LogP contribution in [0.25, 0.3) is 11.0 Å². The maximum Gasteiger partial charge on any atom is 0.311 e. The summed E-state index contributed by atoms with van der Waals surface area (Å²) in [6.45, 7) is 0. The highest BCUT2D eigenvalue weighted by molar-refractivity contribution is 5.79. The molecule has 1 aromatic heterocycles. The summed E-state index contributed by atoms with van der Waals surface area (Å²) in [6, 6.07) is 13.6. The molecular formula is C18H16O6. The molecule has 0 saturated carbocycles. The van der Waals surface area contributed by atoms with Gasteiger partial charge < -0.3 is 19.4 Å². The Hall–Kier alpha value is -3.28. The number of fused-ring (bicyclic) bond motifs is 1. The molecule has 0 aliphatic carbocycles. The maximum atomic E-state index is 10.4. The van der Waals surface area contributed by atoms with E-state index >= 15 is 0 Å². The minimum absolute atomic E-state index is 0.0399. The fraction of sp³-hybridized carbons (Fsp3) is 0.111. The van der Waals surface area contributed by atoms with Crippen LogP contribution in [-0.2, 0) is 11.2 Å². The van der Waals surface area contributed by atoms with E-state index in [0.717, 1.165) is 11.0 Å². The number of furan rings is 1. The smallest absolute Gasteiger partial charge is 0.311 e. The van der Waals surface area contributed by atoms with E-state index in [0.29, 0.717) is 23.4 Å². The molecule has 0 unspecified atom stereocenters. The van der Waals surface area contributed by atoms with Crippen molar-refractivity contribution in [3.05, 3.63) is 59.9 Å². The van der Waals surface area contributed by atoms with E-state index in [2.05, 4.69) is 0 Å². The predicted molar refractivity (Wildman–Crippen MR) is 87.6 cm³/mol. The normalized spacial score (nSPS) is 9.88. The molecule has 0 aliphatic heterocycles. The highest BCUT2D eigenvalue weighted by atomic mass is 16.5. The number of ether oxygens (including phenoxy) is 1. The van der Waals surface area contributed by atoms with Gasteiger partial charge in [-0.15, -0.1) is 0 Å². The second kappa shape index (κ2) is 7.82. The molecule has 0 bridgehead atoms. The fourth-order valence-corrected chi connectivity index (χ4v) is 2.04. The van der Waals surface area contributed by atoms with Crippen LogP contribution in [-0.4, -0.2) is 29.6 Å². The number of phenolic OH excluding ortho intramolecular Hbond substituents is 1. The monoisotopic (exact) mass is 328 g/mol. The topological polar surface area (TPSA) is 97.0 Å². The van der Waals surface area contributed by atoms with Crippen molar-refractivity contribution in [2.45, 2.75) is 6.42 Å². The zero-order valence-corrected chi connectivity index (χ0v) is 12.9. The number of aromatic hydroxyl groups is 1. The second-order valence-electron chi connectivity index (χ2n) is 4.87. The van der Waals surface area contributed by atoms with Crippen LogP contribution in [0.2, 0.25) is 0 Å². The average molecular weight is 328 g/mol. The van der Waals surface area contributed by atoms with Crippen LogP contribution in [0.4, 0.5) is 0 Å². The molecule has 2 N–H and O–H groups in total. The number of carbonyl (C=O) groups is 2. The van der Waals surface area contributed by atoms with Gasteiger partial charge in [-0.25, -0.2) is 0 Å². The first kappa shape index (κ1) is 17.1. The molecular weight excluding hydrogens is 312 g/mol. The summed E-state index contributed by atoms with van der Waals surface area (Å²) < 4.78 is 10.1. The van der Waals surface area contributed by atoms with Crippen LogP contribution in [0, 0.1) is 0 Å². The number of carboxylic acid groups (broad SMARTS) is 1. The minimum Gasteiger partial charge on any atom is -0.504 e. The van der Waals surface area contributed by atoms with E-state index in [-0.39, 0.29) is 12.2 Å². The number of aldehydes is 1.